The lowest BCUT2D eigenvalue weighted by Crippen LogP contribution is -2.14. The van der Waals surface area contributed by atoms with E-state index in [4.69, 9.17) is 4.74 Å². The molecule has 0 amide bonds. The summed E-state index contributed by atoms with van der Waals surface area (Å²) in [6.07, 6.45) is 3.10. The van der Waals surface area contributed by atoms with E-state index in [-0.39, 0.29) is 0 Å². The Morgan fingerprint density at radius 1 is 1.38 bits per heavy atom. The molecule has 0 spiro atoms. The molecule has 1 heterocycles. The average Bonchev–Trinajstić information content (AvgIpc) is 2.81. The fourth-order valence-corrected chi connectivity index (χ4v) is 2.79. The molecule has 114 valence electrons. The largest absolute Gasteiger partial charge is 0.496 e. The number of ether oxygens (including phenoxy) is 1. The van der Waals surface area contributed by atoms with Crippen molar-refractivity contribution in [1.29, 1.82) is 0 Å². The highest BCUT2D eigenvalue weighted by molar-refractivity contribution is 9.10. The van der Waals surface area contributed by atoms with Crippen molar-refractivity contribution in [3.8, 4) is 5.75 Å². The smallest absolute Gasteiger partial charge is 0.133 e. The molecule has 21 heavy (non-hydrogen) atoms. The van der Waals surface area contributed by atoms with Crippen LogP contribution in [0.25, 0.3) is 0 Å². The Morgan fingerprint density at radius 2 is 2.19 bits per heavy atom. The number of halogens is 1. The molecule has 5 heteroatoms. The van der Waals surface area contributed by atoms with Gasteiger partial charge in [0.05, 0.1) is 24.3 Å². The minimum Gasteiger partial charge on any atom is -0.496 e. The van der Waals surface area contributed by atoms with E-state index in [0.717, 1.165) is 36.3 Å². The first kappa shape index (κ1) is 16.0. The molecule has 0 aliphatic rings. The Kier molecular flexibility index (Phi) is 5.82. The lowest BCUT2D eigenvalue weighted by Gasteiger charge is -2.09. The first-order valence-corrected chi connectivity index (χ1v) is 7.99. The molecule has 2 rings (SSSR count). The molecular weight excluding hydrogens is 330 g/mol. The number of nitrogens with zero attached hydrogens (tertiary/aromatic N) is 2. The number of benzene rings is 1. The Labute approximate surface area is 134 Å². The van der Waals surface area contributed by atoms with E-state index in [1.54, 1.807) is 7.11 Å². The first-order chi connectivity index (χ1) is 10.2. The standard InChI is InChI=1S/C16H22BrN3O/c1-4-7-18-9-14-10-19-20(12(14)2)11-13-5-6-16(21-3)15(17)8-13/h5-6,8,10,18H,4,7,9,11H2,1-3H3. The Morgan fingerprint density at radius 3 is 2.86 bits per heavy atom. The van der Waals surface area contributed by atoms with Gasteiger partial charge in [-0.25, -0.2) is 0 Å². The van der Waals surface area contributed by atoms with Gasteiger partial charge >= 0.3 is 0 Å². The molecule has 2 aromatic rings. The average molecular weight is 352 g/mol. The second-order valence-corrected chi connectivity index (χ2v) is 5.91. The highest BCUT2D eigenvalue weighted by Gasteiger charge is 2.08. The highest BCUT2D eigenvalue weighted by Crippen LogP contribution is 2.26. The van der Waals surface area contributed by atoms with E-state index >= 15 is 0 Å². The van der Waals surface area contributed by atoms with Crippen LogP contribution in [0.15, 0.2) is 28.9 Å². The second kappa shape index (κ2) is 7.61. The van der Waals surface area contributed by atoms with E-state index < -0.39 is 0 Å². The van der Waals surface area contributed by atoms with Crippen LogP contribution < -0.4 is 10.1 Å². The van der Waals surface area contributed by atoms with Crippen molar-refractivity contribution < 1.29 is 4.74 Å². The van der Waals surface area contributed by atoms with Crippen molar-refractivity contribution in [1.82, 2.24) is 15.1 Å². The summed E-state index contributed by atoms with van der Waals surface area (Å²) in [5, 5.41) is 7.91. The summed E-state index contributed by atoms with van der Waals surface area (Å²) in [5.74, 6) is 0.848. The zero-order chi connectivity index (χ0) is 15.2. The Bertz CT molecular complexity index is 595. The van der Waals surface area contributed by atoms with E-state index in [2.05, 4.69) is 52.3 Å². The third-order valence-corrected chi connectivity index (χ3v) is 4.12. The number of rotatable bonds is 7. The van der Waals surface area contributed by atoms with Gasteiger partial charge in [-0.05, 0) is 53.5 Å². The van der Waals surface area contributed by atoms with Crippen molar-refractivity contribution in [2.75, 3.05) is 13.7 Å². The van der Waals surface area contributed by atoms with Crippen LogP contribution in [0, 0.1) is 6.92 Å². The summed E-state index contributed by atoms with van der Waals surface area (Å²) in [7, 11) is 1.67. The van der Waals surface area contributed by atoms with Crippen LogP contribution in [0.3, 0.4) is 0 Å². The van der Waals surface area contributed by atoms with Gasteiger partial charge < -0.3 is 10.1 Å². The maximum atomic E-state index is 5.26. The van der Waals surface area contributed by atoms with Crippen LogP contribution >= 0.6 is 15.9 Å². The summed E-state index contributed by atoms with van der Waals surface area (Å²) in [6, 6.07) is 6.12. The van der Waals surface area contributed by atoms with E-state index in [0.29, 0.717) is 0 Å². The predicted molar refractivity (Wildman–Crippen MR) is 88.8 cm³/mol. The molecule has 0 radical (unpaired) electrons. The normalized spacial score (nSPS) is 10.9. The summed E-state index contributed by atoms with van der Waals surface area (Å²) < 4.78 is 8.26. The van der Waals surface area contributed by atoms with Gasteiger partial charge in [0.1, 0.15) is 5.75 Å². The molecule has 0 atom stereocenters. The second-order valence-electron chi connectivity index (χ2n) is 5.06. The van der Waals surface area contributed by atoms with E-state index in [9.17, 15) is 0 Å². The lowest BCUT2D eigenvalue weighted by atomic mass is 10.2. The zero-order valence-corrected chi connectivity index (χ0v) is 14.4. The molecule has 0 aliphatic carbocycles. The van der Waals surface area contributed by atoms with Crippen molar-refractivity contribution in [2.24, 2.45) is 0 Å². The Balaban J connectivity index is 2.07. The van der Waals surface area contributed by atoms with Crippen LogP contribution in [-0.2, 0) is 13.1 Å². The van der Waals surface area contributed by atoms with Crippen molar-refractivity contribution in [2.45, 2.75) is 33.4 Å². The fourth-order valence-electron chi connectivity index (χ4n) is 2.20. The monoisotopic (exact) mass is 351 g/mol. The molecule has 4 nitrogen and oxygen atoms in total. The summed E-state index contributed by atoms with van der Waals surface area (Å²) in [6.45, 7) is 6.98. The van der Waals surface area contributed by atoms with Crippen molar-refractivity contribution in [3.05, 3.63) is 45.7 Å². The summed E-state index contributed by atoms with van der Waals surface area (Å²) >= 11 is 3.52. The molecule has 1 aromatic heterocycles. The van der Waals surface area contributed by atoms with Gasteiger partial charge in [-0.2, -0.15) is 5.10 Å². The van der Waals surface area contributed by atoms with Crippen molar-refractivity contribution in [3.63, 3.8) is 0 Å². The van der Waals surface area contributed by atoms with Gasteiger partial charge in [-0.3, -0.25) is 4.68 Å². The van der Waals surface area contributed by atoms with Gasteiger partial charge in [-0.15, -0.1) is 0 Å². The zero-order valence-electron chi connectivity index (χ0n) is 12.8. The quantitative estimate of drug-likeness (QED) is 0.775. The fraction of sp³-hybridized carbons (Fsp3) is 0.438. The topological polar surface area (TPSA) is 39.1 Å². The minimum absolute atomic E-state index is 0.766. The van der Waals surface area contributed by atoms with Gasteiger partial charge in [0.2, 0.25) is 0 Å². The molecule has 0 saturated carbocycles. The van der Waals surface area contributed by atoms with Gasteiger partial charge in [0, 0.05) is 17.8 Å². The van der Waals surface area contributed by atoms with Gasteiger partial charge in [-0.1, -0.05) is 13.0 Å². The molecule has 0 saturated heterocycles. The molecular formula is C16H22BrN3O. The Hall–Kier alpha value is -1.33. The number of nitrogens with one attached hydrogen (secondary N) is 1. The van der Waals surface area contributed by atoms with Crippen LogP contribution in [0.4, 0.5) is 0 Å². The molecule has 0 aliphatic heterocycles. The molecule has 0 fully saturated rings. The minimum atomic E-state index is 0.766. The molecule has 0 unspecified atom stereocenters. The summed E-state index contributed by atoms with van der Waals surface area (Å²) in [5.41, 5.74) is 3.67. The predicted octanol–water partition coefficient (Wildman–Crippen LogP) is 3.51. The van der Waals surface area contributed by atoms with Crippen LogP contribution in [0.1, 0.15) is 30.2 Å². The summed E-state index contributed by atoms with van der Waals surface area (Å²) in [4.78, 5) is 0. The van der Waals surface area contributed by atoms with Crippen LogP contribution in [0.5, 0.6) is 5.75 Å². The van der Waals surface area contributed by atoms with E-state index in [1.807, 2.05) is 16.9 Å². The number of aromatic nitrogens is 2. The van der Waals surface area contributed by atoms with E-state index in [1.165, 1.54) is 16.8 Å². The third-order valence-electron chi connectivity index (χ3n) is 3.50. The molecule has 1 N–H and O–H groups in total. The van der Waals surface area contributed by atoms with Gasteiger partial charge in [0.15, 0.2) is 0 Å². The highest BCUT2D eigenvalue weighted by atomic mass is 79.9. The van der Waals surface area contributed by atoms with Crippen LogP contribution in [0.2, 0.25) is 0 Å². The van der Waals surface area contributed by atoms with Gasteiger partial charge in [0.25, 0.3) is 0 Å². The van der Waals surface area contributed by atoms with Crippen LogP contribution in [-0.4, -0.2) is 23.4 Å². The maximum Gasteiger partial charge on any atom is 0.133 e. The lowest BCUT2D eigenvalue weighted by molar-refractivity contribution is 0.412. The molecule has 1 aromatic carbocycles. The molecule has 0 bridgehead atoms. The number of hydrogen-bond donors (Lipinski definition) is 1. The first-order valence-electron chi connectivity index (χ1n) is 7.20. The SMILES string of the molecule is CCCNCc1cnn(Cc2ccc(OC)c(Br)c2)c1C. The maximum absolute atomic E-state index is 5.26. The number of methoxy groups -OCH3 is 1. The number of hydrogen-bond acceptors (Lipinski definition) is 3. The van der Waals surface area contributed by atoms with Crippen molar-refractivity contribution >= 4 is 15.9 Å². The third kappa shape index (κ3) is 4.08.